The lowest BCUT2D eigenvalue weighted by Gasteiger charge is -2.19. The molecule has 2 aromatic heterocycles. The second kappa shape index (κ2) is 29.5. The molecule has 0 aliphatic rings. The fourth-order valence-corrected chi connectivity index (χ4v) is 18.4. The number of furan rings is 2. The van der Waals surface area contributed by atoms with E-state index in [-0.39, 0.29) is 29.7 Å². The van der Waals surface area contributed by atoms with E-state index in [2.05, 4.69) is 376 Å². The summed E-state index contributed by atoms with van der Waals surface area (Å²) in [6.07, 6.45) is 0. The number of benzene rings is 22. The van der Waals surface area contributed by atoms with Crippen molar-refractivity contribution in [3.05, 3.63) is 449 Å². The Morgan fingerprint density at radius 3 is 0.864 bits per heavy atom. The lowest BCUT2D eigenvalue weighted by Crippen LogP contribution is -1.92. The van der Waals surface area contributed by atoms with Crippen molar-refractivity contribution in [3.8, 4) is 100 Å². The Balaban J connectivity index is 0.000000111. The van der Waals surface area contributed by atoms with Gasteiger partial charge in [-0.15, -0.1) is 0 Å². The van der Waals surface area contributed by atoms with E-state index in [1.54, 1.807) is 0 Å². The van der Waals surface area contributed by atoms with E-state index in [0.29, 0.717) is 5.56 Å². The summed E-state index contributed by atoms with van der Waals surface area (Å²) < 4.78 is 53.6. The van der Waals surface area contributed by atoms with Gasteiger partial charge in [0.15, 0.2) is 0 Å². The van der Waals surface area contributed by atoms with E-state index in [4.69, 9.17) is 15.7 Å². The molecule has 0 spiro atoms. The van der Waals surface area contributed by atoms with Gasteiger partial charge >= 0.3 is 0 Å². The number of hydrogen-bond donors (Lipinski definition) is 0. The van der Waals surface area contributed by atoms with Crippen molar-refractivity contribution in [1.29, 1.82) is 0 Å². The summed E-state index contributed by atoms with van der Waals surface area (Å²) in [5.74, 6) is 0. The first-order valence-corrected chi connectivity index (χ1v) is 40.2. The Morgan fingerprint density at radius 2 is 0.415 bits per heavy atom. The van der Waals surface area contributed by atoms with Crippen LogP contribution in [0.3, 0.4) is 0 Å². The van der Waals surface area contributed by atoms with Crippen LogP contribution in [0.1, 0.15) is 6.85 Å². The van der Waals surface area contributed by atoms with E-state index in [0.717, 1.165) is 93.1 Å². The highest BCUT2D eigenvalue weighted by Gasteiger charge is 2.23. The lowest BCUT2D eigenvalue weighted by molar-refractivity contribution is 0.669. The molecule has 2 nitrogen and oxygen atoms in total. The molecule has 24 aromatic rings. The van der Waals surface area contributed by atoms with E-state index >= 15 is 0 Å². The Bertz CT molecular complexity index is 8140. The van der Waals surface area contributed by atoms with Crippen LogP contribution >= 0.6 is 0 Å². The van der Waals surface area contributed by atoms with E-state index in [9.17, 15) is 0 Å². The molecule has 2 heterocycles. The first kappa shape index (κ1) is 64.0. The van der Waals surface area contributed by atoms with Crippen molar-refractivity contribution in [1.82, 2.24) is 0 Å². The number of para-hydroxylation sites is 1. The standard InChI is InChI=1S/C42H26O.C38H24O.C36H24/c1-2-10-27(11-3-1)28-18-20-29(21-19-28)41-33-14-6-8-16-35(33)42(36-17-9-7-15-34(36)41)32-22-23-39-37(25-32)38-24-30-12-4-5-13-31(30)26-40(38)43-39;1-2-10-25(11-3-1)26-18-20-27(21-19-26)37-30-13-4-6-15-32(30)38(33-16-7-5-14-31(33)37)28-22-23-36-34(24-28)29-12-8-9-17-35(29)39-36;1-3-13-25(14-4-1)27-23-24-34(29-18-8-7-17-28(27)29)36-32-21-11-9-19-30(32)35(26-15-5-2-6-16-26)31-20-10-12-22-33(31)36/h1-26H;1-24H;1-24H/i1D,2D,3D,10D,11D;;. The van der Waals surface area contributed by atoms with Crippen LogP contribution in [0.2, 0.25) is 0 Å². The zero-order valence-corrected chi connectivity index (χ0v) is 64.2. The van der Waals surface area contributed by atoms with Crippen molar-refractivity contribution in [3.63, 3.8) is 0 Å². The molecule has 118 heavy (non-hydrogen) atoms. The maximum atomic E-state index is 8.45. The molecule has 24 rings (SSSR count). The van der Waals surface area contributed by atoms with Crippen molar-refractivity contribution in [2.24, 2.45) is 0 Å². The predicted molar refractivity (Wildman–Crippen MR) is 503 cm³/mol. The summed E-state index contributed by atoms with van der Waals surface area (Å²) in [5.41, 5.74) is 23.7. The number of rotatable bonds is 9. The van der Waals surface area contributed by atoms with Gasteiger partial charge in [0.05, 0.1) is 6.85 Å². The highest BCUT2D eigenvalue weighted by molar-refractivity contribution is 6.27. The summed E-state index contributed by atoms with van der Waals surface area (Å²) in [6, 6.07) is 147. The average molecular weight is 1500 g/mol. The third-order valence-corrected chi connectivity index (χ3v) is 23.7. The van der Waals surface area contributed by atoms with E-state index in [1.807, 2.05) is 42.5 Å². The molecule has 0 aliphatic heterocycles. The molecule has 0 saturated carbocycles. The quantitative estimate of drug-likeness (QED) is 0.135. The Labute approximate surface area is 690 Å². The van der Waals surface area contributed by atoms with Crippen LogP contribution in [0.25, 0.3) is 230 Å². The Kier molecular flexibility index (Phi) is 16.0. The zero-order valence-electron chi connectivity index (χ0n) is 69.2. The molecule has 0 amide bonds. The van der Waals surface area contributed by atoms with Crippen LogP contribution in [0.15, 0.2) is 458 Å². The number of hydrogen-bond acceptors (Lipinski definition) is 2. The van der Waals surface area contributed by atoms with Gasteiger partial charge in [0, 0.05) is 21.5 Å². The largest absolute Gasteiger partial charge is 0.456 e. The summed E-state index contributed by atoms with van der Waals surface area (Å²) in [6.45, 7) is 0. The Hall–Kier alpha value is -15.5. The normalized spacial score (nSPS) is 12.2. The minimum absolute atomic E-state index is 0.202. The molecule has 0 radical (unpaired) electrons. The second-order valence-electron chi connectivity index (χ2n) is 30.3. The van der Waals surface area contributed by atoms with E-state index in [1.165, 1.54) is 126 Å². The zero-order chi connectivity index (χ0) is 82.3. The van der Waals surface area contributed by atoms with Gasteiger partial charge in [-0.3, -0.25) is 0 Å². The van der Waals surface area contributed by atoms with Gasteiger partial charge < -0.3 is 8.83 Å². The minimum Gasteiger partial charge on any atom is -0.456 e. The first-order chi connectivity index (χ1) is 60.6. The summed E-state index contributed by atoms with van der Waals surface area (Å²) >= 11 is 0. The molecule has 550 valence electrons. The molecule has 0 atom stereocenters. The molecule has 0 aliphatic carbocycles. The van der Waals surface area contributed by atoms with Crippen molar-refractivity contribution in [2.45, 2.75) is 0 Å². The highest BCUT2D eigenvalue weighted by atomic mass is 16.3. The molecular formula is C116H74O2. The summed E-state index contributed by atoms with van der Waals surface area (Å²) in [4.78, 5) is 0. The fourth-order valence-electron chi connectivity index (χ4n) is 18.4. The third kappa shape index (κ3) is 12.1. The van der Waals surface area contributed by atoms with Crippen LogP contribution in [0, 0.1) is 0 Å². The molecule has 0 saturated heterocycles. The van der Waals surface area contributed by atoms with Gasteiger partial charge in [-0.1, -0.05) is 406 Å². The maximum absolute atomic E-state index is 8.45. The second-order valence-corrected chi connectivity index (χ2v) is 30.3. The van der Waals surface area contributed by atoms with Crippen molar-refractivity contribution < 1.29 is 15.7 Å². The van der Waals surface area contributed by atoms with Crippen molar-refractivity contribution >= 4 is 130 Å². The topological polar surface area (TPSA) is 26.3 Å². The van der Waals surface area contributed by atoms with Gasteiger partial charge in [-0.25, -0.2) is 0 Å². The first-order valence-electron chi connectivity index (χ1n) is 42.7. The SMILES string of the molecule is [2H]c1c([2H])c([2H])c(-c2ccc(-c3c4ccccc4c(-c4ccc5oc6cc7ccccc7cc6c5c4)c4ccccc34)cc2)c([2H])c1[2H].c1ccc(-c2ccc(-c3c4ccccc4c(-c4ccc5oc6ccccc6c5c4)c4ccccc34)cc2)cc1.c1ccc(-c2ccc(-c3c4ccccc4c(-c4ccccc4)c4ccccc34)c3ccccc23)cc1. The van der Waals surface area contributed by atoms with Crippen LogP contribution in [0.4, 0.5) is 0 Å². The summed E-state index contributed by atoms with van der Waals surface area (Å²) in [5, 5.41) is 24.0. The van der Waals surface area contributed by atoms with Crippen LogP contribution in [-0.4, -0.2) is 0 Å². The van der Waals surface area contributed by atoms with Gasteiger partial charge in [-0.05, 0) is 229 Å². The average Bonchev–Trinajstić information content (AvgIpc) is 0.959. The molecule has 0 N–H and O–H groups in total. The van der Waals surface area contributed by atoms with E-state index < -0.39 is 6.04 Å². The molecule has 0 unspecified atom stereocenters. The summed E-state index contributed by atoms with van der Waals surface area (Å²) in [7, 11) is 0. The smallest absolute Gasteiger partial charge is 0.136 e. The molecule has 0 bridgehead atoms. The lowest BCUT2D eigenvalue weighted by atomic mass is 9.84. The van der Waals surface area contributed by atoms with Gasteiger partial charge in [0.25, 0.3) is 0 Å². The van der Waals surface area contributed by atoms with Gasteiger partial charge in [0.1, 0.15) is 22.3 Å². The predicted octanol–water partition coefficient (Wildman–Crippen LogP) is 33.1. The van der Waals surface area contributed by atoms with Crippen molar-refractivity contribution in [2.75, 3.05) is 0 Å². The fraction of sp³-hybridized carbons (Fsp3) is 0. The van der Waals surface area contributed by atoms with Crippen LogP contribution < -0.4 is 0 Å². The van der Waals surface area contributed by atoms with Crippen LogP contribution in [0.5, 0.6) is 0 Å². The molecule has 22 aromatic carbocycles. The van der Waals surface area contributed by atoms with Gasteiger partial charge in [-0.2, -0.15) is 0 Å². The number of fused-ring (bicyclic) bond motifs is 14. The monoisotopic (exact) mass is 1500 g/mol. The van der Waals surface area contributed by atoms with Crippen LogP contribution in [-0.2, 0) is 0 Å². The third-order valence-electron chi connectivity index (χ3n) is 23.7. The Morgan fingerprint density at radius 1 is 0.144 bits per heavy atom. The molecular weight excluding hydrogens is 1430 g/mol. The van der Waals surface area contributed by atoms with Gasteiger partial charge in [0.2, 0.25) is 0 Å². The minimum atomic E-state index is -0.392. The molecule has 2 heteroatoms. The highest BCUT2D eigenvalue weighted by Crippen LogP contribution is 2.50. The maximum Gasteiger partial charge on any atom is 0.136 e. The molecule has 0 fully saturated rings.